The summed E-state index contributed by atoms with van der Waals surface area (Å²) in [7, 11) is -3.63. The van der Waals surface area contributed by atoms with Crippen LogP contribution in [0.4, 0.5) is 4.39 Å². The van der Waals surface area contributed by atoms with E-state index in [0.29, 0.717) is 22.4 Å². The van der Waals surface area contributed by atoms with Crippen molar-refractivity contribution in [2.75, 3.05) is 6.54 Å². The standard InChI is InChI=1S/C21H17FN2O2S2/c22-17-8-3-7-16(13-17)21-24-18(14-27-21)11-12-23-28(25,26)20-10-4-6-15-5-1-2-9-19(15)20/h1-10,13-14,23H,11-12H2. The number of nitrogens with one attached hydrogen (secondary N) is 1. The van der Waals surface area contributed by atoms with Crippen molar-refractivity contribution >= 4 is 32.1 Å². The molecule has 7 heteroatoms. The maximum Gasteiger partial charge on any atom is 0.241 e. The van der Waals surface area contributed by atoms with Crippen molar-refractivity contribution in [2.45, 2.75) is 11.3 Å². The number of hydrogen-bond acceptors (Lipinski definition) is 4. The number of aromatic nitrogens is 1. The first kappa shape index (κ1) is 18.7. The zero-order chi connectivity index (χ0) is 19.6. The van der Waals surface area contributed by atoms with Crippen LogP contribution in [-0.2, 0) is 16.4 Å². The fourth-order valence-electron chi connectivity index (χ4n) is 3.00. The molecule has 0 aliphatic heterocycles. The van der Waals surface area contributed by atoms with Gasteiger partial charge in [0.25, 0.3) is 0 Å². The molecule has 4 nitrogen and oxygen atoms in total. The molecule has 4 rings (SSSR count). The second-order valence-corrected chi connectivity index (χ2v) is 8.87. The van der Waals surface area contributed by atoms with Gasteiger partial charge < -0.3 is 0 Å². The smallest absolute Gasteiger partial charge is 0.241 e. The molecule has 0 amide bonds. The van der Waals surface area contributed by atoms with Crippen LogP contribution in [0, 0.1) is 5.82 Å². The molecular weight excluding hydrogens is 395 g/mol. The first-order valence-corrected chi connectivity index (χ1v) is 11.1. The number of rotatable bonds is 6. The number of sulfonamides is 1. The lowest BCUT2D eigenvalue weighted by Crippen LogP contribution is -2.26. The lowest BCUT2D eigenvalue weighted by atomic mass is 10.1. The van der Waals surface area contributed by atoms with E-state index in [-0.39, 0.29) is 17.3 Å². The molecule has 142 valence electrons. The summed E-state index contributed by atoms with van der Waals surface area (Å²) in [6, 6.07) is 18.9. The van der Waals surface area contributed by atoms with E-state index < -0.39 is 10.0 Å². The van der Waals surface area contributed by atoms with Gasteiger partial charge >= 0.3 is 0 Å². The number of hydrogen-bond donors (Lipinski definition) is 1. The number of thiazole rings is 1. The summed E-state index contributed by atoms with van der Waals surface area (Å²) in [4.78, 5) is 4.75. The van der Waals surface area contributed by atoms with Crippen molar-refractivity contribution in [1.82, 2.24) is 9.71 Å². The summed E-state index contributed by atoms with van der Waals surface area (Å²) in [5.74, 6) is -0.308. The molecule has 0 radical (unpaired) electrons. The molecule has 1 aromatic heterocycles. The van der Waals surface area contributed by atoms with Crippen LogP contribution in [0.15, 0.2) is 77.0 Å². The fourth-order valence-corrected chi connectivity index (χ4v) is 5.11. The average Bonchev–Trinajstić information content (AvgIpc) is 3.16. The Hall–Kier alpha value is -2.61. The zero-order valence-electron chi connectivity index (χ0n) is 14.8. The van der Waals surface area contributed by atoms with Gasteiger partial charge in [-0.15, -0.1) is 11.3 Å². The normalized spacial score (nSPS) is 11.8. The summed E-state index contributed by atoms with van der Waals surface area (Å²) in [6.07, 6.45) is 0.454. The first-order chi connectivity index (χ1) is 13.5. The number of benzene rings is 3. The Kier molecular flexibility index (Phi) is 5.21. The van der Waals surface area contributed by atoms with Crippen molar-refractivity contribution in [1.29, 1.82) is 0 Å². The van der Waals surface area contributed by atoms with Gasteiger partial charge in [-0.25, -0.2) is 22.5 Å². The highest BCUT2D eigenvalue weighted by atomic mass is 32.2. The molecule has 0 fully saturated rings. The molecule has 28 heavy (non-hydrogen) atoms. The van der Waals surface area contributed by atoms with Gasteiger partial charge in [0.15, 0.2) is 0 Å². The second kappa shape index (κ2) is 7.79. The average molecular weight is 413 g/mol. The molecule has 0 saturated heterocycles. The largest absolute Gasteiger partial charge is 0.241 e. The lowest BCUT2D eigenvalue weighted by Gasteiger charge is -2.09. The third-order valence-electron chi connectivity index (χ3n) is 4.34. The number of nitrogens with zero attached hydrogens (tertiary/aromatic N) is 1. The molecule has 0 unspecified atom stereocenters. The van der Waals surface area contributed by atoms with Crippen LogP contribution >= 0.6 is 11.3 Å². The van der Waals surface area contributed by atoms with E-state index in [1.807, 2.05) is 29.6 Å². The van der Waals surface area contributed by atoms with E-state index in [0.717, 1.165) is 11.1 Å². The lowest BCUT2D eigenvalue weighted by molar-refractivity contribution is 0.582. The van der Waals surface area contributed by atoms with Crippen molar-refractivity contribution in [3.8, 4) is 10.6 Å². The quantitative estimate of drug-likeness (QED) is 0.503. The monoisotopic (exact) mass is 412 g/mol. The van der Waals surface area contributed by atoms with Crippen LogP contribution < -0.4 is 4.72 Å². The summed E-state index contributed by atoms with van der Waals surface area (Å²) in [5, 5.41) is 4.16. The molecular formula is C21H17FN2O2S2. The van der Waals surface area contributed by atoms with E-state index in [9.17, 15) is 12.8 Å². The molecule has 0 atom stereocenters. The van der Waals surface area contributed by atoms with Crippen LogP contribution in [-0.4, -0.2) is 19.9 Å². The molecule has 1 N–H and O–H groups in total. The van der Waals surface area contributed by atoms with Crippen LogP contribution in [0.3, 0.4) is 0 Å². The number of halogens is 1. The first-order valence-electron chi connectivity index (χ1n) is 8.71. The highest BCUT2D eigenvalue weighted by molar-refractivity contribution is 7.89. The van der Waals surface area contributed by atoms with Crippen LogP contribution in [0.1, 0.15) is 5.69 Å². The van der Waals surface area contributed by atoms with E-state index in [1.54, 1.807) is 30.3 Å². The van der Waals surface area contributed by atoms with Gasteiger partial charge in [0.05, 0.1) is 10.6 Å². The van der Waals surface area contributed by atoms with Gasteiger partial charge in [0, 0.05) is 29.3 Å². The van der Waals surface area contributed by atoms with E-state index >= 15 is 0 Å². The Morgan fingerprint density at radius 3 is 2.64 bits per heavy atom. The maximum absolute atomic E-state index is 13.4. The van der Waals surface area contributed by atoms with Crippen LogP contribution in [0.2, 0.25) is 0 Å². The topological polar surface area (TPSA) is 59.1 Å². The molecule has 3 aromatic carbocycles. The molecule has 0 aliphatic rings. The minimum Gasteiger partial charge on any atom is -0.241 e. The molecule has 0 aliphatic carbocycles. The summed E-state index contributed by atoms with van der Waals surface area (Å²) < 4.78 is 41.5. The van der Waals surface area contributed by atoms with Crippen LogP contribution in [0.25, 0.3) is 21.3 Å². The van der Waals surface area contributed by atoms with Crippen LogP contribution in [0.5, 0.6) is 0 Å². The minimum absolute atomic E-state index is 0.234. The minimum atomic E-state index is -3.63. The second-order valence-electron chi connectivity index (χ2n) is 6.28. The van der Waals surface area contributed by atoms with Crippen molar-refractivity contribution in [3.63, 3.8) is 0 Å². The molecule has 0 saturated carbocycles. The summed E-state index contributed by atoms with van der Waals surface area (Å²) >= 11 is 1.41. The molecule has 0 spiro atoms. The predicted molar refractivity (Wildman–Crippen MR) is 110 cm³/mol. The zero-order valence-corrected chi connectivity index (χ0v) is 16.4. The van der Waals surface area contributed by atoms with Gasteiger partial charge in [-0.1, -0.05) is 48.5 Å². The molecule has 0 bridgehead atoms. The van der Waals surface area contributed by atoms with Crippen molar-refractivity contribution < 1.29 is 12.8 Å². The van der Waals surface area contributed by atoms with Gasteiger partial charge in [-0.2, -0.15) is 0 Å². The summed E-state index contributed by atoms with van der Waals surface area (Å²) in [6.45, 7) is 0.234. The molecule has 4 aromatic rings. The van der Waals surface area contributed by atoms with Crippen molar-refractivity contribution in [3.05, 3.63) is 83.6 Å². The Morgan fingerprint density at radius 1 is 1.00 bits per heavy atom. The van der Waals surface area contributed by atoms with E-state index in [1.165, 1.54) is 23.5 Å². The Balaban J connectivity index is 1.46. The summed E-state index contributed by atoms with van der Waals surface area (Å²) in [5.41, 5.74) is 1.48. The third-order valence-corrected chi connectivity index (χ3v) is 6.80. The van der Waals surface area contributed by atoms with Crippen molar-refractivity contribution in [2.24, 2.45) is 0 Å². The maximum atomic E-state index is 13.4. The number of fused-ring (bicyclic) bond motifs is 1. The molecule has 1 heterocycles. The third kappa shape index (κ3) is 3.96. The van der Waals surface area contributed by atoms with E-state index in [4.69, 9.17) is 0 Å². The van der Waals surface area contributed by atoms with Gasteiger partial charge in [0.2, 0.25) is 10.0 Å². The SMILES string of the molecule is O=S(=O)(NCCc1csc(-c2cccc(F)c2)n1)c1cccc2ccccc12. The highest BCUT2D eigenvalue weighted by Crippen LogP contribution is 2.25. The Morgan fingerprint density at radius 2 is 1.79 bits per heavy atom. The Bertz CT molecular complexity index is 1230. The fraction of sp³-hybridized carbons (Fsp3) is 0.0952. The van der Waals surface area contributed by atoms with Gasteiger partial charge in [-0.05, 0) is 23.6 Å². The van der Waals surface area contributed by atoms with E-state index in [2.05, 4.69) is 9.71 Å². The highest BCUT2D eigenvalue weighted by Gasteiger charge is 2.16. The van der Waals surface area contributed by atoms with Gasteiger partial charge in [0.1, 0.15) is 10.8 Å². The predicted octanol–water partition coefficient (Wildman–Crippen LogP) is 4.62. The Labute approximate surface area is 166 Å². The van der Waals surface area contributed by atoms with Gasteiger partial charge in [-0.3, -0.25) is 0 Å².